The Morgan fingerprint density at radius 2 is 2.04 bits per heavy atom. The summed E-state index contributed by atoms with van der Waals surface area (Å²) < 4.78 is 14.7. The molecule has 0 radical (unpaired) electrons. The van der Waals surface area contributed by atoms with Crippen LogP contribution in [0, 0.1) is 5.82 Å². The fourth-order valence-corrected chi connectivity index (χ4v) is 3.28. The maximum Gasteiger partial charge on any atom is 0.261 e. The molecule has 0 unspecified atom stereocenters. The SMILES string of the molecule is O=C(CCc1c[nH]c2ccccc12)NCCn1cnc2ccc(F)cc2c1=O. The van der Waals surface area contributed by atoms with Crippen LogP contribution in [0.3, 0.4) is 0 Å². The number of carbonyl (C=O) groups excluding carboxylic acids is 1. The van der Waals surface area contributed by atoms with Gasteiger partial charge >= 0.3 is 0 Å². The molecule has 2 N–H and O–H groups in total. The number of carbonyl (C=O) groups is 1. The Bertz CT molecular complexity index is 1210. The Kier molecular flexibility index (Phi) is 4.89. The highest BCUT2D eigenvalue weighted by molar-refractivity contribution is 5.84. The first-order valence-corrected chi connectivity index (χ1v) is 9.08. The molecule has 0 saturated carbocycles. The Morgan fingerprint density at radius 1 is 1.18 bits per heavy atom. The molecule has 28 heavy (non-hydrogen) atoms. The molecule has 2 aromatic carbocycles. The second-order valence-electron chi connectivity index (χ2n) is 6.61. The topological polar surface area (TPSA) is 79.8 Å². The lowest BCUT2D eigenvalue weighted by molar-refractivity contribution is -0.121. The highest BCUT2D eigenvalue weighted by Gasteiger charge is 2.08. The molecule has 4 rings (SSSR count). The number of fused-ring (bicyclic) bond motifs is 2. The molecule has 0 bridgehead atoms. The summed E-state index contributed by atoms with van der Waals surface area (Å²) in [4.78, 5) is 31.9. The molecule has 4 aromatic rings. The van der Waals surface area contributed by atoms with Gasteiger partial charge < -0.3 is 10.3 Å². The summed E-state index contributed by atoms with van der Waals surface area (Å²) in [5.74, 6) is -0.562. The predicted molar refractivity (Wildman–Crippen MR) is 106 cm³/mol. The number of aromatic amines is 1. The lowest BCUT2D eigenvalue weighted by Gasteiger charge is -2.08. The summed E-state index contributed by atoms with van der Waals surface area (Å²) in [5.41, 5.74) is 2.28. The summed E-state index contributed by atoms with van der Waals surface area (Å²) >= 11 is 0. The normalized spacial score (nSPS) is 11.2. The zero-order valence-corrected chi connectivity index (χ0v) is 15.1. The number of nitrogens with one attached hydrogen (secondary N) is 2. The number of H-pyrrole nitrogens is 1. The molecule has 142 valence electrons. The van der Waals surface area contributed by atoms with Gasteiger partial charge in [0.25, 0.3) is 5.56 Å². The Morgan fingerprint density at radius 3 is 2.93 bits per heavy atom. The van der Waals surface area contributed by atoms with Gasteiger partial charge in [-0.05, 0) is 36.2 Å². The monoisotopic (exact) mass is 378 g/mol. The summed E-state index contributed by atoms with van der Waals surface area (Å²) in [6, 6.07) is 11.9. The van der Waals surface area contributed by atoms with Crippen LogP contribution in [0.25, 0.3) is 21.8 Å². The van der Waals surface area contributed by atoms with E-state index in [0.29, 0.717) is 24.9 Å². The zero-order valence-electron chi connectivity index (χ0n) is 15.1. The van der Waals surface area contributed by atoms with E-state index in [0.717, 1.165) is 16.5 Å². The van der Waals surface area contributed by atoms with E-state index >= 15 is 0 Å². The van der Waals surface area contributed by atoms with Crippen molar-refractivity contribution >= 4 is 27.7 Å². The highest BCUT2D eigenvalue weighted by Crippen LogP contribution is 2.18. The van der Waals surface area contributed by atoms with Crippen molar-refractivity contribution in [3.8, 4) is 0 Å². The summed E-state index contributed by atoms with van der Waals surface area (Å²) in [6.45, 7) is 0.576. The molecular weight excluding hydrogens is 359 g/mol. The average Bonchev–Trinajstić information content (AvgIpc) is 3.12. The van der Waals surface area contributed by atoms with Crippen molar-refractivity contribution in [1.82, 2.24) is 19.9 Å². The van der Waals surface area contributed by atoms with E-state index in [-0.39, 0.29) is 23.4 Å². The maximum absolute atomic E-state index is 13.4. The van der Waals surface area contributed by atoms with Crippen molar-refractivity contribution in [2.24, 2.45) is 0 Å². The van der Waals surface area contributed by atoms with Crippen molar-refractivity contribution in [3.05, 3.63) is 76.7 Å². The first kappa shape index (κ1) is 17.9. The van der Waals surface area contributed by atoms with Gasteiger partial charge in [0.15, 0.2) is 0 Å². The predicted octanol–water partition coefficient (Wildman–Crippen LogP) is 2.77. The highest BCUT2D eigenvalue weighted by atomic mass is 19.1. The van der Waals surface area contributed by atoms with Crippen molar-refractivity contribution in [3.63, 3.8) is 0 Å². The third-order valence-corrected chi connectivity index (χ3v) is 4.76. The van der Waals surface area contributed by atoms with Crippen LogP contribution in [-0.2, 0) is 17.8 Å². The average molecular weight is 378 g/mol. The van der Waals surface area contributed by atoms with Gasteiger partial charge in [0.1, 0.15) is 5.82 Å². The van der Waals surface area contributed by atoms with E-state index in [2.05, 4.69) is 15.3 Å². The molecule has 0 aliphatic carbocycles. The number of nitrogens with zero attached hydrogens (tertiary/aromatic N) is 2. The minimum atomic E-state index is -0.477. The molecule has 0 aliphatic heterocycles. The van der Waals surface area contributed by atoms with Crippen LogP contribution >= 0.6 is 0 Å². The van der Waals surface area contributed by atoms with E-state index in [1.807, 2.05) is 30.5 Å². The van der Waals surface area contributed by atoms with E-state index in [1.165, 1.54) is 29.1 Å². The third kappa shape index (κ3) is 3.64. The van der Waals surface area contributed by atoms with Crippen LogP contribution in [0.15, 0.2) is 59.8 Å². The molecular formula is C21H19FN4O2. The molecule has 1 amide bonds. The summed E-state index contributed by atoms with van der Waals surface area (Å²) in [6.07, 6.45) is 4.34. The fourth-order valence-electron chi connectivity index (χ4n) is 3.28. The largest absolute Gasteiger partial charge is 0.361 e. The Balaban J connectivity index is 1.34. The number of aryl methyl sites for hydroxylation is 1. The standard InChI is InChI=1S/C21H19FN4O2/c22-15-6-7-19-17(11-15)21(28)26(13-25-19)10-9-23-20(27)8-5-14-12-24-18-4-2-1-3-16(14)18/h1-4,6-7,11-13,24H,5,8-10H2,(H,23,27). The molecule has 0 atom stereocenters. The molecule has 2 aromatic heterocycles. The molecule has 0 aliphatic rings. The minimum Gasteiger partial charge on any atom is -0.361 e. The van der Waals surface area contributed by atoms with Crippen LogP contribution in [0.1, 0.15) is 12.0 Å². The maximum atomic E-state index is 13.4. The van der Waals surface area contributed by atoms with Gasteiger partial charge in [-0.3, -0.25) is 14.2 Å². The minimum absolute atomic E-state index is 0.0851. The Labute approximate surface area is 160 Å². The summed E-state index contributed by atoms with van der Waals surface area (Å²) in [5, 5.41) is 4.17. The van der Waals surface area contributed by atoms with Crippen molar-refractivity contribution in [1.29, 1.82) is 0 Å². The van der Waals surface area contributed by atoms with Crippen LogP contribution < -0.4 is 10.9 Å². The zero-order chi connectivity index (χ0) is 19.5. The van der Waals surface area contributed by atoms with Gasteiger partial charge in [0.05, 0.1) is 17.2 Å². The van der Waals surface area contributed by atoms with Gasteiger partial charge in [0, 0.05) is 36.6 Å². The number of benzene rings is 2. The lowest BCUT2D eigenvalue weighted by Crippen LogP contribution is -2.31. The first-order chi connectivity index (χ1) is 13.6. The quantitative estimate of drug-likeness (QED) is 0.541. The number of para-hydroxylation sites is 1. The fraction of sp³-hybridized carbons (Fsp3) is 0.190. The van der Waals surface area contributed by atoms with Crippen LogP contribution in [0.2, 0.25) is 0 Å². The van der Waals surface area contributed by atoms with Crippen molar-refractivity contribution in [2.75, 3.05) is 6.54 Å². The molecule has 2 heterocycles. The van der Waals surface area contributed by atoms with Gasteiger partial charge in [-0.1, -0.05) is 18.2 Å². The third-order valence-electron chi connectivity index (χ3n) is 4.76. The van der Waals surface area contributed by atoms with E-state index < -0.39 is 5.82 Å². The van der Waals surface area contributed by atoms with Crippen LogP contribution in [0.4, 0.5) is 4.39 Å². The van der Waals surface area contributed by atoms with Crippen molar-refractivity contribution < 1.29 is 9.18 Å². The lowest BCUT2D eigenvalue weighted by atomic mass is 10.1. The molecule has 6 nitrogen and oxygen atoms in total. The number of hydrogen-bond acceptors (Lipinski definition) is 3. The number of hydrogen-bond donors (Lipinski definition) is 2. The Hall–Kier alpha value is -3.48. The van der Waals surface area contributed by atoms with Gasteiger partial charge in [-0.2, -0.15) is 0 Å². The van der Waals surface area contributed by atoms with Crippen molar-refractivity contribution in [2.45, 2.75) is 19.4 Å². The van der Waals surface area contributed by atoms with E-state index in [1.54, 1.807) is 0 Å². The van der Waals surface area contributed by atoms with E-state index in [4.69, 9.17) is 0 Å². The molecule has 0 saturated heterocycles. The molecule has 0 spiro atoms. The second-order valence-corrected chi connectivity index (χ2v) is 6.61. The second kappa shape index (κ2) is 7.64. The van der Waals surface area contributed by atoms with Gasteiger partial charge in [-0.25, -0.2) is 9.37 Å². The van der Waals surface area contributed by atoms with Crippen LogP contribution in [-0.4, -0.2) is 27.0 Å². The first-order valence-electron chi connectivity index (χ1n) is 9.08. The van der Waals surface area contributed by atoms with Crippen LogP contribution in [0.5, 0.6) is 0 Å². The number of halogens is 1. The number of aromatic nitrogens is 3. The smallest absolute Gasteiger partial charge is 0.261 e. The number of rotatable bonds is 6. The van der Waals surface area contributed by atoms with Gasteiger partial charge in [-0.15, -0.1) is 0 Å². The van der Waals surface area contributed by atoms with Gasteiger partial charge in [0.2, 0.25) is 5.91 Å². The van der Waals surface area contributed by atoms with E-state index in [9.17, 15) is 14.0 Å². The number of amides is 1. The summed E-state index contributed by atoms with van der Waals surface area (Å²) in [7, 11) is 0. The molecule has 0 fully saturated rings. The molecule has 7 heteroatoms.